The lowest BCUT2D eigenvalue weighted by Gasteiger charge is -2.19. The van der Waals surface area contributed by atoms with Crippen molar-refractivity contribution < 1.29 is 17.5 Å². The molecule has 0 aliphatic rings. The smallest absolute Gasteiger partial charge is 0.244 e. The number of hydrogen-bond donors (Lipinski definition) is 1. The molecule has 2 aromatic heterocycles. The minimum Gasteiger partial charge on any atom is -0.495 e. The van der Waals surface area contributed by atoms with Gasteiger partial charge in [0, 0.05) is 17.1 Å². The van der Waals surface area contributed by atoms with Crippen LogP contribution in [0.5, 0.6) is 5.75 Å². The summed E-state index contributed by atoms with van der Waals surface area (Å²) in [6.07, 6.45) is 0. The molecule has 144 valence electrons. The number of thiophene rings is 1. The summed E-state index contributed by atoms with van der Waals surface area (Å²) in [5.74, 6) is -0.563. The molecule has 1 unspecified atom stereocenters. The normalized spacial score (nSPS) is 12.9. The zero-order valence-electron chi connectivity index (χ0n) is 15.1. The van der Waals surface area contributed by atoms with Gasteiger partial charge in [-0.25, -0.2) is 17.5 Å². The maximum atomic E-state index is 13.6. The number of rotatable bonds is 7. The lowest BCUT2D eigenvalue weighted by atomic mass is 10.2. The Balaban J connectivity index is 1.92. The largest absolute Gasteiger partial charge is 0.495 e. The van der Waals surface area contributed by atoms with Crippen LogP contribution in [0.15, 0.2) is 46.7 Å². The molecule has 0 fully saturated rings. The summed E-state index contributed by atoms with van der Waals surface area (Å²) in [6, 6.07) is 8.86. The van der Waals surface area contributed by atoms with Gasteiger partial charge in [-0.1, -0.05) is 6.07 Å². The van der Waals surface area contributed by atoms with Crippen molar-refractivity contribution in [3.63, 3.8) is 0 Å². The number of halogens is 1. The van der Waals surface area contributed by atoms with E-state index >= 15 is 0 Å². The maximum Gasteiger partial charge on any atom is 0.244 e. The van der Waals surface area contributed by atoms with Gasteiger partial charge in [0.05, 0.1) is 18.8 Å². The molecule has 2 heterocycles. The molecule has 9 heteroatoms. The number of aromatic nitrogens is 2. The summed E-state index contributed by atoms with van der Waals surface area (Å²) in [6.45, 7) is 3.88. The Labute approximate surface area is 161 Å². The average Bonchev–Trinajstić information content (AvgIpc) is 3.25. The van der Waals surface area contributed by atoms with Crippen LogP contribution in [0.2, 0.25) is 0 Å². The van der Waals surface area contributed by atoms with Crippen LogP contribution >= 0.6 is 11.3 Å². The summed E-state index contributed by atoms with van der Waals surface area (Å²) >= 11 is 1.52. The average molecular weight is 410 g/mol. The third-order valence-corrected chi connectivity index (χ3v) is 6.51. The van der Waals surface area contributed by atoms with Crippen molar-refractivity contribution in [3.8, 4) is 5.75 Å². The fourth-order valence-corrected chi connectivity index (χ4v) is 4.91. The van der Waals surface area contributed by atoms with E-state index in [1.807, 2.05) is 37.4 Å². The summed E-state index contributed by atoms with van der Waals surface area (Å²) in [5, 5.41) is 6.42. The van der Waals surface area contributed by atoms with Crippen molar-refractivity contribution in [3.05, 3.63) is 63.9 Å². The summed E-state index contributed by atoms with van der Waals surface area (Å²) in [4.78, 5) is 0.735. The number of methoxy groups -OCH3 is 1. The Morgan fingerprint density at radius 3 is 2.67 bits per heavy atom. The van der Waals surface area contributed by atoms with Crippen LogP contribution in [0, 0.1) is 19.7 Å². The second kappa shape index (κ2) is 7.79. The van der Waals surface area contributed by atoms with Gasteiger partial charge < -0.3 is 4.74 Å². The van der Waals surface area contributed by atoms with E-state index in [-0.39, 0.29) is 23.2 Å². The first-order valence-corrected chi connectivity index (χ1v) is 10.6. The lowest BCUT2D eigenvalue weighted by Crippen LogP contribution is -2.32. The number of aryl methyl sites for hydroxylation is 2. The summed E-state index contributed by atoms with van der Waals surface area (Å²) in [5.41, 5.74) is 1.78. The maximum absolute atomic E-state index is 13.6. The highest BCUT2D eigenvalue weighted by Gasteiger charge is 2.24. The molecule has 1 aromatic carbocycles. The second-order valence-corrected chi connectivity index (χ2v) is 8.76. The predicted octanol–water partition coefficient (Wildman–Crippen LogP) is 3.28. The molecule has 0 aliphatic heterocycles. The van der Waals surface area contributed by atoms with Gasteiger partial charge in [0.25, 0.3) is 0 Å². The number of nitrogens with zero attached hydrogens (tertiary/aromatic N) is 2. The third kappa shape index (κ3) is 4.20. The number of sulfonamides is 1. The molecule has 1 atom stereocenters. The lowest BCUT2D eigenvalue weighted by molar-refractivity contribution is 0.400. The summed E-state index contributed by atoms with van der Waals surface area (Å²) in [7, 11) is -2.63. The molecule has 6 nitrogen and oxygen atoms in total. The Kier molecular flexibility index (Phi) is 5.64. The molecule has 0 amide bonds. The molecule has 0 spiro atoms. The van der Waals surface area contributed by atoms with Gasteiger partial charge in [-0.2, -0.15) is 5.10 Å². The molecule has 3 rings (SSSR count). The molecule has 0 saturated heterocycles. The van der Waals surface area contributed by atoms with E-state index in [9.17, 15) is 12.8 Å². The number of ether oxygens (including phenoxy) is 1. The van der Waals surface area contributed by atoms with Crippen LogP contribution in [-0.4, -0.2) is 31.9 Å². The Morgan fingerprint density at radius 1 is 1.30 bits per heavy atom. The van der Waals surface area contributed by atoms with Crippen LogP contribution in [0.1, 0.15) is 22.3 Å². The van der Waals surface area contributed by atoms with Crippen molar-refractivity contribution in [1.29, 1.82) is 0 Å². The minimum absolute atomic E-state index is 0.0739. The first-order chi connectivity index (χ1) is 12.8. The van der Waals surface area contributed by atoms with Crippen molar-refractivity contribution in [2.24, 2.45) is 0 Å². The Hall–Kier alpha value is -2.23. The summed E-state index contributed by atoms with van der Waals surface area (Å²) < 4.78 is 48.6. The van der Waals surface area contributed by atoms with E-state index in [1.54, 1.807) is 4.68 Å². The van der Waals surface area contributed by atoms with Crippen molar-refractivity contribution in [1.82, 2.24) is 14.5 Å². The van der Waals surface area contributed by atoms with Crippen LogP contribution in [0.4, 0.5) is 4.39 Å². The fourth-order valence-electron chi connectivity index (χ4n) is 2.88. The molecule has 1 N–H and O–H groups in total. The van der Waals surface area contributed by atoms with E-state index in [2.05, 4.69) is 9.82 Å². The molecule has 27 heavy (non-hydrogen) atoms. The molecular formula is C18H20FN3O3S2. The van der Waals surface area contributed by atoms with E-state index < -0.39 is 15.8 Å². The molecular weight excluding hydrogens is 389 g/mol. The fraction of sp³-hybridized carbons (Fsp3) is 0.278. The van der Waals surface area contributed by atoms with Gasteiger partial charge in [-0.15, -0.1) is 11.3 Å². The molecule has 0 bridgehead atoms. The zero-order valence-corrected chi connectivity index (χ0v) is 16.8. The van der Waals surface area contributed by atoms with E-state index in [4.69, 9.17) is 4.74 Å². The van der Waals surface area contributed by atoms with Gasteiger partial charge in [0.15, 0.2) is 0 Å². The van der Waals surface area contributed by atoms with E-state index in [0.717, 1.165) is 28.4 Å². The number of nitrogens with one attached hydrogen (secondary N) is 1. The SMILES string of the molecule is COc1ccc(F)cc1S(=O)(=O)NCC(c1cccs1)n1nc(C)cc1C. The molecule has 0 aliphatic carbocycles. The molecule has 3 aromatic rings. The molecule has 0 radical (unpaired) electrons. The van der Waals surface area contributed by atoms with Gasteiger partial charge >= 0.3 is 0 Å². The van der Waals surface area contributed by atoms with Crippen LogP contribution in [0.25, 0.3) is 0 Å². The number of benzene rings is 1. The Morgan fingerprint density at radius 2 is 2.07 bits per heavy atom. The van der Waals surface area contributed by atoms with E-state index in [0.29, 0.717) is 0 Å². The highest BCUT2D eigenvalue weighted by molar-refractivity contribution is 7.89. The minimum atomic E-state index is -3.98. The van der Waals surface area contributed by atoms with E-state index in [1.165, 1.54) is 24.5 Å². The first-order valence-electron chi connectivity index (χ1n) is 8.21. The standard InChI is InChI=1S/C18H20FN3O3S2/c1-12-9-13(2)22(21-12)15(17-5-4-8-26-17)11-20-27(23,24)18-10-14(19)6-7-16(18)25-3/h4-10,15,20H,11H2,1-3H3. The topological polar surface area (TPSA) is 73.2 Å². The monoisotopic (exact) mass is 409 g/mol. The van der Waals surface area contributed by atoms with Gasteiger partial charge in [-0.05, 0) is 49.6 Å². The Bertz CT molecular complexity index is 1030. The quantitative estimate of drug-likeness (QED) is 0.650. The van der Waals surface area contributed by atoms with Gasteiger partial charge in [0.2, 0.25) is 10.0 Å². The second-order valence-electron chi connectivity index (χ2n) is 6.05. The van der Waals surface area contributed by atoms with Crippen LogP contribution < -0.4 is 9.46 Å². The predicted molar refractivity (Wildman–Crippen MR) is 102 cm³/mol. The van der Waals surface area contributed by atoms with Crippen LogP contribution in [-0.2, 0) is 10.0 Å². The van der Waals surface area contributed by atoms with Crippen molar-refractivity contribution >= 4 is 21.4 Å². The van der Waals surface area contributed by atoms with Crippen molar-refractivity contribution in [2.75, 3.05) is 13.7 Å². The third-order valence-electron chi connectivity index (χ3n) is 4.09. The van der Waals surface area contributed by atoms with Crippen molar-refractivity contribution in [2.45, 2.75) is 24.8 Å². The van der Waals surface area contributed by atoms with Crippen LogP contribution in [0.3, 0.4) is 0 Å². The van der Waals surface area contributed by atoms with Gasteiger partial charge in [-0.3, -0.25) is 4.68 Å². The highest BCUT2D eigenvalue weighted by atomic mass is 32.2. The molecule has 0 saturated carbocycles. The first kappa shape index (κ1) is 19.5. The zero-order chi connectivity index (χ0) is 19.6. The number of hydrogen-bond acceptors (Lipinski definition) is 5. The highest BCUT2D eigenvalue weighted by Crippen LogP contribution is 2.27. The van der Waals surface area contributed by atoms with Gasteiger partial charge in [0.1, 0.15) is 16.5 Å².